The fraction of sp³-hybridized carbons (Fsp3) is 0.174. The SMILES string of the molecule is Cc1ccc(O)c(C2=NN3[C@@H](C2)c2ccccc2O[C@H]3c2ccc(O)cc2)c1. The minimum atomic E-state index is -0.398. The smallest absolute Gasteiger partial charge is 0.213 e. The lowest BCUT2D eigenvalue weighted by molar-refractivity contribution is -0.0190. The maximum Gasteiger partial charge on any atom is 0.213 e. The lowest BCUT2D eigenvalue weighted by Crippen LogP contribution is -2.33. The topological polar surface area (TPSA) is 65.3 Å². The Bertz CT molecular complexity index is 1080. The molecule has 140 valence electrons. The van der Waals surface area contributed by atoms with Gasteiger partial charge in [-0.2, -0.15) is 5.10 Å². The van der Waals surface area contributed by atoms with Crippen molar-refractivity contribution in [2.24, 2.45) is 5.10 Å². The first kappa shape index (κ1) is 16.7. The summed E-state index contributed by atoms with van der Waals surface area (Å²) in [5, 5.41) is 26.8. The van der Waals surface area contributed by atoms with Crippen LogP contribution in [-0.4, -0.2) is 20.9 Å². The molecule has 0 amide bonds. The molecule has 2 N–H and O–H groups in total. The third-order valence-electron chi connectivity index (χ3n) is 5.34. The van der Waals surface area contributed by atoms with Crippen LogP contribution in [0.25, 0.3) is 0 Å². The highest BCUT2D eigenvalue weighted by atomic mass is 16.5. The van der Waals surface area contributed by atoms with Crippen LogP contribution in [0, 0.1) is 6.92 Å². The molecule has 2 aliphatic heterocycles. The molecular weight excluding hydrogens is 352 g/mol. The molecule has 0 radical (unpaired) electrons. The molecule has 2 aliphatic rings. The van der Waals surface area contributed by atoms with E-state index in [1.54, 1.807) is 18.2 Å². The van der Waals surface area contributed by atoms with Gasteiger partial charge in [0.25, 0.3) is 0 Å². The van der Waals surface area contributed by atoms with E-state index in [4.69, 9.17) is 9.84 Å². The Morgan fingerprint density at radius 1 is 1.00 bits per heavy atom. The molecule has 2 atom stereocenters. The van der Waals surface area contributed by atoms with Crippen molar-refractivity contribution in [2.75, 3.05) is 0 Å². The van der Waals surface area contributed by atoms with E-state index in [1.165, 1.54) is 0 Å². The van der Waals surface area contributed by atoms with Crippen molar-refractivity contribution in [3.05, 3.63) is 89.0 Å². The Labute approximate surface area is 163 Å². The zero-order chi connectivity index (χ0) is 19.3. The van der Waals surface area contributed by atoms with E-state index in [0.717, 1.165) is 33.7 Å². The molecule has 0 aromatic heterocycles. The Hall–Kier alpha value is -3.47. The zero-order valence-electron chi connectivity index (χ0n) is 15.4. The normalized spacial score (nSPS) is 20.2. The van der Waals surface area contributed by atoms with Crippen molar-refractivity contribution in [1.29, 1.82) is 0 Å². The van der Waals surface area contributed by atoms with E-state index in [2.05, 4.69) is 6.07 Å². The molecule has 0 bridgehead atoms. The summed E-state index contributed by atoms with van der Waals surface area (Å²) in [7, 11) is 0. The predicted molar refractivity (Wildman–Crippen MR) is 106 cm³/mol. The number of ether oxygens (including phenoxy) is 1. The molecule has 0 saturated carbocycles. The number of fused-ring (bicyclic) bond motifs is 3. The van der Waals surface area contributed by atoms with E-state index in [0.29, 0.717) is 6.42 Å². The van der Waals surface area contributed by atoms with Gasteiger partial charge in [0.15, 0.2) is 0 Å². The van der Waals surface area contributed by atoms with Crippen molar-refractivity contribution in [2.45, 2.75) is 25.6 Å². The summed E-state index contributed by atoms with van der Waals surface area (Å²) < 4.78 is 6.28. The molecule has 3 aromatic rings. The van der Waals surface area contributed by atoms with Gasteiger partial charge >= 0.3 is 0 Å². The molecule has 3 aromatic carbocycles. The van der Waals surface area contributed by atoms with Crippen molar-refractivity contribution in [1.82, 2.24) is 5.01 Å². The largest absolute Gasteiger partial charge is 0.508 e. The van der Waals surface area contributed by atoms with Gasteiger partial charge in [-0.05, 0) is 49.4 Å². The van der Waals surface area contributed by atoms with Gasteiger partial charge in [0.2, 0.25) is 6.23 Å². The summed E-state index contributed by atoms with van der Waals surface area (Å²) >= 11 is 0. The van der Waals surface area contributed by atoms with Gasteiger partial charge < -0.3 is 14.9 Å². The minimum Gasteiger partial charge on any atom is -0.508 e. The number of aromatic hydroxyl groups is 2. The van der Waals surface area contributed by atoms with E-state index in [-0.39, 0.29) is 17.5 Å². The van der Waals surface area contributed by atoms with Gasteiger partial charge in [-0.25, -0.2) is 5.01 Å². The van der Waals surface area contributed by atoms with Gasteiger partial charge in [0.05, 0.1) is 11.8 Å². The number of rotatable bonds is 2. The summed E-state index contributed by atoms with van der Waals surface area (Å²) in [4.78, 5) is 0. The van der Waals surface area contributed by atoms with Crippen LogP contribution in [-0.2, 0) is 0 Å². The van der Waals surface area contributed by atoms with E-state index < -0.39 is 6.23 Å². The van der Waals surface area contributed by atoms with Crippen LogP contribution in [0.1, 0.15) is 40.9 Å². The second-order valence-electron chi connectivity index (χ2n) is 7.27. The van der Waals surface area contributed by atoms with Gasteiger partial charge in [0, 0.05) is 23.1 Å². The lowest BCUT2D eigenvalue weighted by atomic mass is 9.95. The highest BCUT2D eigenvalue weighted by molar-refractivity contribution is 6.04. The number of aryl methyl sites for hydroxylation is 1. The van der Waals surface area contributed by atoms with Crippen LogP contribution in [0.3, 0.4) is 0 Å². The van der Waals surface area contributed by atoms with Crippen LogP contribution >= 0.6 is 0 Å². The number of para-hydroxylation sites is 1. The summed E-state index contributed by atoms with van der Waals surface area (Å²) in [6.45, 7) is 2.00. The molecule has 0 unspecified atom stereocenters. The van der Waals surface area contributed by atoms with E-state index >= 15 is 0 Å². The van der Waals surface area contributed by atoms with Gasteiger partial charge in [-0.1, -0.05) is 29.8 Å². The average molecular weight is 372 g/mol. The molecule has 5 rings (SSSR count). The summed E-state index contributed by atoms with van der Waals surface area (Å²) in [6.07, 6.45) is 0.288. The summed E-state index contributed by atoms with van der Waals surface area (Å²) in [5.41, 5.74) is 4.68. The monoisotopic (exact) mass is 372 g/mol. The Morgan fingerprint density at radius 2 is 1.79 bits per heavy atom. The number of hydrogen-bond acceptors (Lipinski definition) is 5. The number of benzene rings is 3. The van der Waals surface area contributed by atoms with Crippen molar-refractivity contribution in [3.63, 3.8) is 0 Å². The lowest BCUT2D eigenvalue weighted by Gasteiger charge is -2.38. The highest BCUT2D eigenvalue weighted by Gasteiger charge is 2.41. The van der Waals surface area contributed by atoms with Crippen LogP contribution in [0.15, 0.2) is 71.8 Å². The van der Waals surface area contributed by atoms with Crippen molar-refractivity contribution in [3.8, 4) is 17.2 Å². The fourth-order valence-corrected chi connectivity index (χ4v) is 3.94. The van der Waals surface area contributed by atoms with E-state index in [1.807, 2.05) is 54.4 Å². The standard InChI is InChI=1S/C23H20N2O3/c1-14-6-11-21(27)18(12-14)19-13-20-17-4-2-3-5-22(17)28-23(25(20)24-19)15-7-9-16(26)10-8-15/h2-12,20,23,26-27H,13H2,1H3/t20-,23-/m0/s1. The molecule has 5 nitrogen and oxygen atoms in total. The molecule has 2 heterocycles. The Morgan fingerprint density at radius 3 is 2.61 bits per heavy atom. The van der Waals surface area contributed by atoms with Crippen LogP contribution in [0.5, 0.6) is 17.2 Å². The molecular formula is C23H20N2O3. The van der Waals surface area contributed by atoms with Crippen molar-refractivity contribution < 1.29 is 14.9 Å². The number of phenols is 2. The van der Waals surface area contributed by atoms with Gasteiger partial charge in [0.1, 0.15) is 17.2 Å². The molecule has 0 fully saturated rings. The maximum atomic E-state index is 10.4. The average Bonchev–Trinajstić information content (AvgIpc) is 3.15. The first-order chi connectivity index (χ1) is 13.6. The third kappa shape index (κ3) is 2.67. The molecule has 0 saturated heterocycles. The second kappa shape index (κ2) is 6.30. The quantitative estimate of drug-likeness (QED) is 0.687. The van der Waals surface area contributed by atoms with E-state index in [9.17, 15) is 10.2 Å². The zero-order valence-corrected chi connectivity index (χ0v) is 15.4. The Kier molecular flexibility index (Phi) is 3.76. The minimum absolute atomic E-state index is 0.0265. The van der Waals surface area contributed by atoms with Gasteiger partial charge in [-0.15, -0.1) is 0 Å². The maximum absolute atomic E-state index is 10.4. The predicted octanol–water partition coefficient (Wildman–Crippen LogP) is 4.65. The molecule has 0 aliphatic carbocycles. The first-order valence-electron chi connectivity index (χ1n) is 9.30. The van der Waals surface area contributed by atoms with Crippen molar-refractivity contribution >= 4 is 5.71 Å². The van der Waals surface area contributed by atoms with Crippen LogP contribution in [0.4, 0.5) is 0 Å². The van der Waals surface area contributed by atoms with Gasteiger partial charge in [-0.3, -0.25) is 0 Å². The molecule has 0 spiro atoms. The van der Waals surface area contributed by atoms with Crippen LogP contribution in [0.2, 0.25) is 0 Å². The summed E-state index contributed by atoms with van der Waals surface area (Å²) in [5.74, 6) is 1.29. The third-order valence-corrected chi connectivity index (χ3v) is 5.34. The number of hydrazone groups is 1. The number of phenolic OH excluding ortho intramolecular Hbond substituents is 2. The second-order valence-corrected chi connectivity index (χ2v) is 7.27. The highest BCUT2D eigenvalue weighted by Crippen LogP contribution is 2.47. The molecule has 5 heteroatoms. The van der Waals surface area contributed by atoms with Crippen LogP contribution < -0.4 is 4.74 Å². The first-order valence-corrected chi connectivity index (χ1v) is 9.30. The summed E-state index contributed by atoms with van der Waals surface area (Å²) in [6, 6.07) is 20.6. The number of nitrogens with zero attached hydrogens (tertiary/aromatic N) is 2. The fourth-order valence-electron chi connectivity index (χ4n) is 3.94. The number of hydrogen-bond donors (Lipinski definition) is 2. The Balaban J connectivity index is 1.61. The molecule has 28 heavy (non-hydrogen) atoms.